The first-order chi connectivity index (χ1) is 13.8. The molecule has 2 aromatic rings. The van der Waals surface area contributed by atoms with E-state index < -0.39 is 0 Å². The van der Waals surface area contributed by atoms with E-state index in [0.29, 0.717) is 31.7 Å². The molecule has 1 heterocycles. The van der Waals surface area contributed by atoms with Gasteiger partial charge in [0.25, 0.3) is 11.8 Å². The predicted octanol–water partition coefficient (Wildman–Crippen LogP) is 3.67. The Morgan fingerprint density at radius 1 is 0.828 bits per heavy atom. The fraction of sp³-hybridized carbons (Fsp3) is 0.417. The van der Waals surface area contributed by atoms with Gasteiger partial charge in [-0.2, -0.15) is 0 Å². The van der Waals surface area contributed by atoms with Crippen LogP contribution < -0.4 is 4.74 Å². The molecule has 0 aliphatic carbocycles. The average Bonchev–Trinajstić information content (AvgIpc) is 2.95. The Bertz CT molecular complexity index is 907. The fourth-order valence-electron chi connectivity index (χ4n) is 3.62. The summed E-state index contributed by atoms with van der Waals surface area (Å²) in [6, 6.07) is 11.8. The van der Waals surface area contributed by atoms with Gasteiger partial charge in [-0.05, 0) is 69.0 Å². The molecule has 1 aliphatic rings. The van der Waals surface area contributed by atoms with Gasteiger partial charge in [0.2, 0.25) is 0 Å². The van der Waals surface area contributed by atoms with Gasteiger partial charge in [0.15, 0.2) is 6.61 Å². The smallest absolute Gasteiger partial charge is 0.260 e. The molecule has 1 fully saturated rings. The summed E-state index contributed by atoms with van der Waals surface area (Å²) in [6.07, 6.45) is 0.770. The molecule has 0 N–H and O–H groups in total. The van der Waals surface area contributed by atoms with E-state index in [9.17, 15) is 9.59 Å². The summed E-state index contributed by atoms with van der Waals surface area (Å²) < 4.78 is 5.74. The van der Waals surface area contributed by atoms with Gasteiger partial charge in [0, 0.05) is 31.7 Å². The van der Waals surface area contributed by atoms with Crippen LogP contribution in [0.3, 0.4) is 0 Å². The second-order valence-corrected chi connectivity index (χ2v) is 7.88. The predicted molar refractivity (Wildman–Crippen MR) is 114 cm³/mol. The van der Waals surface area contributed by atoms with Crippen molar-refractivity contribution in [3.63, 3.8) is 0 Å². The van der Waals surface area contributed by atoms with Gasteiger partial charge in [-0.1, -0.05) is 23.8 Å². The number of aryl methyl sites for hydroxylation is 4. The minimum atomic E-state index is -0.0366. The molecule has 1 saturated heterocycles. The number of benzene rings is 2. The maximum atomic E-state index is 12.9. The van der Waals surface area contributed by atoms with Crippen LogP contribution in [0.2, 0.25) is 0 Å². The zero-order valence-corrected chi connectivity index (χ0v) is 17.8. The summed E-state index contributed by atoms with van der Waals surface area (Å²) in [5.74, 6) is 0.740. The summed E-state index contributed by atoms with van der Waals surface area (Å²) in [4.78, 5) is 29.1. The monoisotopic (exact) mass is 394 g/mol. The van der Waals surface area contributed by atoms with E-state index in [1.165, 1.54) is 11.1 Å². The Morgan fingerprint density at radius 2 is 1.55 bits per heavy atom. The zero-order chi connectivity index (χ0) is 21.0. The van der Waals surface area contributed by atoms with Crippen molar-refractivity contribution in [1.82, 2.24) is 9.80 Å². The van der Waals surface area contributed by atoms with E-state index in [1.54, 1.807) is 4.90 Å². The summed E-state index contributed by atoms with van der Waals surface area (Å²) >= 11 is 0. The lowest BCUT2D eigenvalue weighted by Gasteiger charge is -2.22. The van der Waals surface area contributed by atoms with Crippen LogP contribution >= 0.6 is 0 Å². The molecule has 0 aromatic heterocycles. The number of ether oxygens (including phenoxy) is 1. The first-order valence-corrected chi connectivity index (χ1v) is 10.2. The van der Waals surface area contributed by atoms with Crippen LogP contribution in [0, 0.1) is 27.7 Å². The van der Waals surface area contributed by atoms with Crippen molar-refractivity contribution < 1.29 is 14.3 Å². The van der Waals surface area contributed by atoms with Gasteiger partial charge in [-0.3, -0.25) is 9.59 Å². The van der Waals surface area contributed by atoms with Crippen molar-refractivity contribution in [3.05, 3.63) is 64.2 Å². The van der Waals surface area contributed by atoms with Gasteiger partial charge >= 0.3 is 0 Å². The van der Waals surface area contributed by atoms with Crippen molar-refractivity contribution in [2.24, 2.45) is 0 Å². The number of hydrogen-bond donors (Lipinski definition) is 0. The molecule has 5 heteroatoms. The highest BCUT2D eigenvalue weighted by atomic mass is 16.5. The molecule has 0 radical (unpaired) electrons. The van der Waals surface area contributed by atoms with Crippen LogP contribution in [0.5, 0.6) is 5.75 Å². The molecule has 29 heavy (non-hydrogen) atoms. The second-order valence-electron chi connectivity index (χ2n) is 7.88. The van der Waals surface area contributed by atoms with Gasteiger partial charge in [-0.15, -0.1) is 0 Å². The normalized spacial score (nSPS) is 14.5. The van der Waals surface area contributed by atoms with Crippen LogP contribution in [0.4, 0.5) is 0 Å². The lowest BCUT2D eigenvalue weighted by Crippen LogP contribution is -2.39. The molecule has 2 amide bonds. The van der Waals surface area contributed by atoms with Crippen molar-refractivity contribution >= 4 is 11.8 Å². The van der Waals surface area contributed by atoms with Crippen LogP contribution in [0.1, 0.15) is 39.0 Å². The zero-order valence-electron chi connectivity index (χ0n) is 17.8. The fourth-order valence-corrected chi connectivity index (χ4v) is 3.62. The summed E-state index contributed by atoms with van der Waals surface area (Å²) in [7, 11) is 0. The quantitative estimate of drug-likeness (QED) is 0.795. The largest absolute Gasteiger partial charge is 0.484 e. The van der Waals surface area contributed by atoms with Crippen molar-refractivity contribution in [3.8, 4) is 5.75 Å². The number of carbonyl (C=O) groups is 2. The Morgan fingerprint density at radius 3 is 2.28 bits per heavy atom. The molecule has 0 atom stereocenters. The number of amides is 2. The van der Waals surface area contributed by atoms with Crippen molar-refractivity contribution in [2.45, 2.75) is 34.1 Å². The van der Waals surface area contributed by atoms with Crippen LogP contribution in [0.25, 0.3) is 0 Å². The van der Waals surface area contributed by atoms with Crippen molar-refractivity contribution in [1.29, 1.82) is 0 Å². The SMILES string of the molecule is Cc1ccc(OCC(=O)N2CCCN(C(=O)c3ccc(C)c(C)c3)CC2)c(C)c1. The minimum Gasteiger partial charge on any atom is -0.484 e. The number of hydrogen-bond acceptors (Lipinski definition) is 3. The highest BCUT2D eigenvalue weighted by Gasteiger charge is 2.23. The van der Waals surface area contributed by atoms with Gasteiger partial charge in [-0.25, -0.2) is 0 Å². The third-order valence-electron chi connectivity index (χ3n) is 5.57. The highest BCUT2D eigenvalue weighted by Crippen LogP contribution is 2.19. The Hall–Kier alpha value is -2.82. The third-order valence-corrected chi connectivity index (χ3v) is 5.57. The average molecular weight is 395 g/mol. The topological polar surface area (TPSA) is 49.9 Å². The van der Waals surface area contributed by atoms with E-state index in [1.807, 2.05) is 69.0 Å². The van der Waals surface area contributed by atoms with Gasteiger partial charge in [0.1, 0.15) is 5.75 Å². The Balaban J connectivity index is 1.56. The molecular weight excluding hydrogens is 364 g/mol. The molecule has 2 aromatic carbocycles. The molecule has 154 valence electrons. The molecular formula is C24H30N2O3. The summed E-state index contributed by atoms with van der Waals surface area (Å²) in [5.41, 5.74) is 5.20. The van der Waals surface area contributed by atoms with Gasteiger partial charge < -0.3 is 14.5 Å². The number of carbonyl (C=O) groups excluding carboxylic acids is 2. The molecule has 0 spiro atoms. The van der Waals surface area contributed by atoms with E-state index >= 15 is 0 Å². The van der Waals surface area contributed by atoms with E-state index in [0.717, 1.165) is 23.3 Å². The van der Waals surface area contributed by atoms with Crippen LogP contribution in [-0.2, 0) is 4.79 Å². The van der Waals surface area contributed by atoms with E-state index in [4.69, 9.17) is 4.74 Å². The summed E-state index contributed by atoms with van der Waals surface area (Å²) in [5, 5.41) is 0. The minimum absolute atomic E-state index is 0.0228. The Kier molecular flexibility index (Phi) is 6.57. The summed E-state index contributed by atoms with van der Waals surface area (Å²) in [6.45, 7) is 10.5. The van der Waals surface area contributed by atoms with Gasteiger partial charge in [0.05, 0.1) is 0 Å². The first-order valence-electron chi connectivity index (χ1n) is 10.2. The standard InChI is InChI=1S/C24H30N2O3/c1-17-6-9-22(20(4)14-17)29-16-23(27)25-10-5-11-26(13-12-25)24(28)21-8-7-18(2)19(3)15-21/h6-9,14-15H,5,10-13,16H2,1-4H3. The van der Waals surface area contributed by atoms with Crippen LogP contribution in [-0.4, -0.2) is 54.4 Å². The van der Waals surface area contributed by atoms with Crippen LogP contribution in [0.15, 0.2) is 36.4 Å². The number of nitrogens with zero attached hydrogens (tertiary/aromatic N) is 2. The van der Waals surface area contributed by atoms with E-state index in [-0.39, 0.29) is 18.4 Å². The maximum Gasteiger partial charge on any atom is 0.260 e. The maximum absolute atomic E-state index is 12.9. The van der Waals surface area contributed by atoms with Crippen molar-refractivity contribution in [2.75, 3.05) is 32.8 Å². The van der Waals surface area contributed by atoms with E-state index in [2.05, 4.69) is 0 Å². The third kappa shape index (κ3) is 5.17. The number of rotatable bonds is 4. The lowest BCUT2D eigenvalue weighted by atomic mass is 10.1. The molecule has 1 aliphatic heterocycles. The first kappa shape index (κ1) is 20.9. The second kappa shape index (κ2) is 9.12. The molecule has 0 unspecified atom stereocenters. The lowest BCUT2D eigenvalue weighted by molar-refractivity contribution is -0.133. The molecule has 0 bridgehead atoms. The Labute approximate surface area is 173 Å². The molecule has 5 nitrogen and oxygen atoms in total. The highest BCUT2D eigenvalue weighted by molar-refractivity contribution is 5.94. The molecule has 0 saturated carbocycles. The molecule has 3 rings (SSSR count).